The van der Waals surface area contributed by atoms with Gasteiger partial charge in [-0.2, -0.15) is 0 Å². The van der Waals surface area contributed by atoms with Crippen molar-refractivity contribution in [2.45, 2.75) is 72.5 Å². The van der Waals surface area contributed by atoms with Crippen molar-refractivity contribution in [1.82, 2.24) is 0 Å². The van der Waals surface area contributed by atoms with Crippen molar-refractivity contribution in [1.29, 1.82) is 0 Å². The summed E-state index contributed by atoms with van der Waals surface area (Å²) in [4.78, 5) is 34.5. The first-order chi connectivity index (χ1) is 15.4. The Morgan fingerprint density at radius 3 is 2.36 bits per heavy atom. The monoisotopic (exact) mass is 462 g/mol. The average molecular weight is 463 g/mol. The van der Waals surface area contributed by atoms with Gasteiger partial charge in [0.1, 0.15) is 24.9 Å². The molecule has 3 aliphatic carbocycles. The number of hydrogen-bond donors (Lipinski definition) is 1. The standard InChI is InChI=1S/C26H38O7/c1-15-9-10-21-23(15)24-20(12-22(26(21,24)6)33-18(4)29)19(13-31-16(2)27)8-7-11-25(5,30)14-32-17(3)28/h7-8,11,15,20-24,30H,9-10,12-14H2,1-6H3/b11-7+,19-8+/t15-,20+,21+,22-,23-,24+,25-,26+/m1/s1. The maximum atomic E-state index is 11.9. The molecular formula is C26H38O7. The molecule has 0 unspecified atom stereocenters. The highest BCUT2D eigenvalue weighted by Crippen LogP contribution is 2.73. The molecule has 8 atom stereocenters. The highest BCUT2D eigenvalue weighted by molar-refractivity contribution is 5.67. The van der Waals surface area contributed by atoms with E-state index in [-0.39, 0.29) is 42.6 Å². The molecule has 3 saturated carbocycles. The molecule has 0 aromatic rings. The van der Waals surface area contributed by atoms with E-state index < -0.39 is 11.6 Å². The number of esters is 3. The third kappa shape index (κ3) is 5.18. The molecule has 7 heteroatoms. The summed E-state index contributed by atoms with van der Waals surface area (Å²) in [5.41, 5.74) is -0.445. The number of hydrogen-bond acceptors (Lipinski definition) is 7. The second-order valence-electron chi connectivity index (χ2n) is 10.6. The zero-order valence-corrected chi connectivity index (χ0v) is 20.6. The van der Waals surface area contributed by atoms with Crippen molar-refractivity contribution < 1.29 is 33.7 Å². The van der Waals surface area contributed by atoms with Crippen LogP contribution in [0, 0.1) is 35.0 Å². The summed E-state index contributed by atoms with van der Waals surface area (Å²) in [5, 5.41) is 10.5. The Balaban J connectivity index is 1.88. The van der Waals surface area contributed by atoms with Gasteiger partial charge in [0.15, 0.2) is 0 Å². The van der Waals surface area contributed by atoms with Crippen LogP contribution < -0.4 is 0 Å². The van der Waals surface area contributed by atoms with Crippen LogP contribution in [-0.2, 0) is 28.6 Å². The Hall–Kier alpha value is -2.15. The zero-order chi connectivity index (χ0) is 24.6. The van der Waals surface area contributed by atoms with E-state index in [1.807, 2.05) is 6.08 Å². The largest absolute Gasteiger partial charge is 0.462 e. The van der Waals surface area contributed by atoms with Crippen LogP contribution in [0.4, 0.5) is 0 Å². The van der Waals surface area contributed by atoms with Gasteiger partial charge in [0.2, 0.25) is 0 Å². The maximum absolute atomic E-state index is 11.9. The van der Waals surface area contributed by atoms with Gasteiger partial charge in [0.05, 0.1) is 0 Å². The van der Waals surface area contributed by atoms with Gasteiger partial charge in [0, 0.05) is 26.2 Å². The number of allylic oxidation sites excluding steroid dienone is 2. The van der Waals surface area contributed by atoms with Crippen molar-refractivity contribution in [3.8, 4) is 0 Å². The number of carbonyl (C=O) groups excluding carboxylic acids is 3. The summed E-state index contributed by atoms with van der Waals surface area (Å²) < 4.78 is 16.2. The fourth-order valence-electron chi connectivity index (χ4n) is 6.78. The molecule has 1 N–H and O–H groups in total. The second-order valence-corrected chi connectivity index (χ2v) is 10.6. The lowest BCUT2D eigenvalue weighted by Gasteiger charge is -2.58. The summed E-state index contributed by atoms with van der Waals surface area (Å²) in [6.07, 6.45) is 8.07. The fourth-order valence-corrected chi connectivity index (χ4v) is 6.78. The van der Waals surface area contributed by atoms with E-state index in [2.05, 4.69) is 13.8 Å². The molecule has 0 amide bonds. The zero-order valence-electron chi connectivity index (χ0n) is 20.6. The number of carbonyl (C=O) groups is 3. The van der Waals surface area contributed by atoms with Crippen LogP contribution in [0.3, 0.4) is 0 Å². The molecule has 3 aliphatic rings. The molecule has 0 radical (unpaired) electrons. The first kappa shape index (κ1) is 25.5. The molecule has 0 bridgehead atoms. The van der Waals surface area contributed by atoms with Crippen LogP contribution in [0.1, 0.15) is 60.8 Å². The highest BCUT2D eigenvalue weighted by atomic mass is 16.5. The first-order valence-electron chi connectivity index (χ1n) is 11.9. The Labute approximate surface area is 196 Å². The Morgan fingerprint density at radius 1 is 1.09 bits per heavy atom. The Kier molecular flexibility index (Phi) is 7.42. The summed E-state index contributed by atoms with van der Waals surface area (Å²) in [5.74, 6) is 1.11. The number of fused-ring (bicyclic) bond motifs is 4. The van der Waals surface area contributed by atoms with E-state index in [4.69, 9.17) is 14.2 Å². The van der Waals surface area contributed by atoms with Crippen molar-refractivity contribution in [2.24, 2.45) is 35.0 Å². The second kappa shape index (κ2) is 9.61. The number of aliphatic hydroxyl groups is 1. The van der Waals surface area contributed by atoms with Gasteiger partial charge in [-0.3, -0.25) is 14.4 Å². The van der Waals surface area contributed by atoms with E-state index in [9.17, 15) is 19.5 Å². The van der Waals surface area contributed by atoms with Crippen LogP contribution in [0.15, 0.2) is 23.8 Å². The lowest BCUT2D eigenvalue weighted by Crippen LogP contribution is -2.57. The fraction of sp³-hybridized carbons (Fsp3) is 0.731. The van der Waals surface area contributed by atoms with Crippen molar-refractivity contribution >= 4 is 17.9 Å². The minimum absolute atomic E-state index is 0.0778. The lowest BCUT2D eigenvalue weighted by molar-refractivity contribution is -0.177. The molecule has 3 fully saturated rings. The quantitative estimate of drug-likeness (QED) is 0.334. The van der Waals surface area contributed by atoms with Gasteiger partial charge >= 0.3 is 17.9 Å². The number of ether oxygens (including phenoxy) is 3. The predicted octanol–water partition coefficient (Wildman–Crippen LogP) is 3.60. The Bertz CT molecular complexity index is 842. The summed E-state index contributed by atoms with van der Waals surface area (Å²) >= 11 is 0. The van der Waals surface area contributed by atoms with Gasteiger partial charge in [0.25, 0.3) is 0 Å². The van der Waals surface area contributed by atoms with E-state index in [1.165, 1.54) is 27.2 Å². The minimum Gasteiger partial charge on any atom is -0.462 e. The molecular weight excluding hydrogens is 424 g/mol. The number of rotatable bonds is 8. The van der Waals surface area contributed by atoms with Crippen molar-refractivity contribution in [3.63, 3.8) is 0 Å². The summed E-state index contributed by atoms with van der Waals surface area (Å²) in [7, 11) is 0. The maximum Gasteiger partial charge on any atom is 0.302 e. The molecule has 0 aromatic carbocycles. The van der Waals surface area contributed by atoms with Crippen LogP contribution in [-0.4, -0.2) is 47.9 Å². The van der Waals surface area contributed by atoms with Gasteiger partial charge in [-0.15, -0.1) is 0 Å². The molecule has 0 saturated heterocycles. The summed E-state index contributed by atoms with van der Waals surface area (Å²) in [6, 6.07) is 0. The molecule has 7 nitrogen and oxygen atoms in total. The van der Waals surface area contributed by atoms with Crippen LogP contribution >= 0.6 is 0 Å². The molecule has 0 heterocycles. The normalized spacial score (nSPS) is 37.0. The van der Waals surface area contributed by atoms with Crippen LogP contribution in [0.25, 0.3) is 0 Å². The first-order valence-corrected chi connectivity index (χ1v) is 11.9. The molecule has 33 heavy (non-hydrogen) atoms. The molecule has 184 valence electrons. The molecule has 0 spiro atoms. The molecule has 0 aromatic heterocycles. The average Bonchev–Trinajstić information content (AvgIpc) is 3.14. The van der Waals surface area contributed by atoms with E-state index in [0.29, 0.717) is 30.1 Å². The highest BCUT2D eigenvalue weighted by Gasteiger charge is 2.71. The SMILES string of the molecule is CC(=O)OC/C(=C\C=C\[C@@](C)(O)COC(C)=O)[C@@H]1C[C@@H](OC(C)=O)[C@@]2(C)[C@@H]1[C@@H]1[C@H](C)CC[C@@H]12. The van der Waals surface area contributed by atoms with Gasteiger partial charge in [-0.1, -0.05) is 38.5 Å². The smallest absolute Gasteiger partial charge is 0.302 e. The van der Waals surface area contributed by atoms with Crippen molar-refractivity contribution in [3.05, 3.63) is 23.8 Å². The topological polar surface area (TPSA) is 99.1 Å². The van der Waals surface area contributed by atoms with E-state index in [0.717, 1.165) is 12.0 Å². The van der Waals surface area contributed by atoms with Crippen LogP contribution in [0.5, 0.6) is 0 Å². The van der Waals surface area contributed by atoms with Crippen LogP contribution in [0.2, 0.25) is 0 Å². The predicted molar refractivity (Wildman–Crippen MR) is 122 cm³/mol. The molecule has 3 rings (SSSR count). The third-order valence-corrected chi connectivity index (χ3v) is 8.14. The van der Waals surface area contributed by atoms with E-state index >= 15 is 0 Å². The third-order valence-electron chi connectivity index (χ3n) is 8.14. The van der Waals surface area contributed by atoms with Gasteiger partial charge < -0.3 is 19.3 Å². The molecule has 0 aliphatic heterocycles. The van der Waals surface area contributed by atoms with Crippen molar-refractivity contribution in [2.75, 3.05) is 13.2 Å². The van der Waals surface area contributed by atoms with E-state index in [1.54, 1.807) is 19.1 Å². The summed E-state index contributed by atoms with van der Waals surface area (Å²) in [6.45, 7) is 10.3. The minimum atomic E-state index is -1.32. The lowest BCUT2D eigenvalue weighted by atomic mass is 9.46. The Morgan fingerprint density at radius 2 is 1.76 bits per heavy atom. The van der Waals surface area contributed by atoms with Gasteiger partial charge in [-0.25, -0.2) is 0 Å². The van der Waals surface area contributed by atoms with Gasteiger partial charge in [-0.05, 0) is 54.9 Å².